The van der Waals surface area contributed by atoms with E-state index in [-0.39, 0.29) is 11.8 Å². The second-order valence-electron chi connectivity index (χ2n) is 7.48. The zero-order valence-corrected chi connectivity index (χ0v) is 16.5. The summed E-state index contributed by atoms with van der Waals surface area (Å²) in [5.74, 6) is -1.72. The van der Waals surface area contributed by atoms with Crippen LogP contribution in [0.1, 0.15) is 17.3 Å². The van der Waals surface area contributed by atoms with Gasteiger partial charge in [-0.2, -0.15) is 5.10 Å². The molecule has 0 bridgehead atoms. The summed E-state index contributed by atoms with van der Waals surface area (Å²) in [6.07, 6.45) is 0. The lowest BCUT2D eigenvalue weighted by atomic mass is 9.86. The topological polar surface area (TPSA) is 106 Å². The number of aryl methyl sites for hydroxylation is 2. The molecule has 0 saturated carbocycles. The van der Waals surface area contributed by atoms with Gasteiger partial charge in [0.25, 0.3) is 0 Å². The van der Waals surface area contributed by atoms with Gasteiger partial charge in [0.05, 0.1) is 43.9 Å². The maximum atomic E-state index is 12.9. The Labute approximate surface area is 162 Å². The van der Waals surface area contributed by atoms with Gasteiger partial charge in [0.1, 0.15) is 11.9 Å². The lowest BCUT2D eigenvalue weighted by Gasteiger charge is -2.31. The molecule has 1 aromatic heterocycles. The first kappa shape index (κ1) is 18.9. The van der Waals surface area contributed by atoms with E-state index in [2.05, 4.69) is 15.3 Å². The summed E-state index contributed by atoms with van der Waals surface area (Å²) in [7, 11) is 4.61. The first-order chi connectivity index (χ1) is 13.4. The molecule has 3 saturated heterocycles. The Balaban J connectivity index is 1.80. The van der Waals surface area contributed by atoms with E-state index in [9.17, 15) is 14.4 Å². The minimum Gasteiger partial charge on any atom is -0.468 e. The Morgan fingerprint density at radius 2 is 1.82 bits per heavy atom. The van der Waals surface area contributed by atoms with Crippen LogP contribution < -0.4 is 10.2 Å². The molecule has 0 aromatic carbocycles. The molecule has 0 radical (unpaired) electrons. The zero-order chi connectivity index (χ0) is 20.2. The predicted molar refractivity (Wildman–Crippen MR) is 97.4 cm³/mol. The third kappa shape index (κ3) is 2.62. The van der Waals surface area contributed by atoms with Gasteiger partial charge in [-0.1, -0.05) is 0 Å². The molecule has 10 nitrogen and oxygen atoms in total. The van der Waals surface area contributed by atoms with Crippen LogP contribution in [0.2, 0.25) is 0 Å². The fourth-order valence-corrected chi connectivity index (χ4v) is 4.74. The number of rotatable bonds is 3. The average molecular weight is 391 g/mol. The lowest BCUT2D eigenvalue weighted by Crippen LogP contribution is -2.43. The molecule has 4 rings (SSSR count). The molecule has 0 unspecified atom stereocenters. The number of amides is 2. The average Bonchev–Trinajstić information content (AvgIpc) is 3.29. The van der Waals surface area contributed by atoms with Gasteiger partial charge < -0.3 is 14.4 Å². The van der Waals surface area contributed by atoms with Crippen LogP contribution in [0.25, 0.3) is 0 Å². The Hall–Kier alpha value is -2.46. The number of nitrogens with zero attached hydrogens (tertiary/aromatic N) is 4. The second-order valence-corrected chi connectivity index (χ2v) is 7.48. The molecular weight excluding hydrogens is 366 g/mol. The number of nitrogens with one attached hydrogen (secondary N) is 1. The zero-order valence-electron chi connectivity index (χ0n) is 16.5. The van der Waals surface area contributed by atoms with Crippen molar-refractivity contribution in [2.24, 2.45) is 18.9 Å². The third-order valence-corrected chi connectivity index (χ3v) is 6.01. The number of aromatic nitrogens is 2. The first-order valence-corrected chi connectivity index (χ1v) is 9.38. The summed E-state index contributed by atoms with van der Waals surface area (Å²) < 4.78 is 12.1. The monoisotopic (exact) mass is 391 g/mol. The van der Waals surface area contributed by atoms with Gasteiger partial charge in [-0.3, -0.25) is 29.3 Å². The lowest BCUT2D eigenvalue weighted by molar-refractivity contribution is -0.147. The first-order valence-electron chi connectivity index (χ1n) is 9.38. The summed E-state index contributed by atoms with van der Waals surface area (Å²) in [5.41, 5.74) is 1.61. The van der Waals surface area contributed by atoms with E-state index in [0.29, 0.717) is 26.3 Å². The number of carbonyl (C=O) groups excluding carboxylic acids is 3. The summed E-state index contributed by atoms with van der Waals surface area (Å²) in [5, 5.41) is 7.79. The van der Waals surface area contributed by atoms with Crippen molar-refractivity contribution >= 4 is 23.6 Å². The highest BCUT2D eigenvalue weighted by molar-refractivity contribution is 6.08. The van der Waals surface area contributed by atoms with Gasteiger partial charge in [-0.05, 0) is 6.92 Å². The van der Waals surface area contributed by atoms with Gasteiger partial charge in [0.15, 0.2) is 0 Å². The van der Waals surface area contributed by atoms with Gasteiger partial charge in [0.2, 0.25) is 11.8 Å². The number of methoxy groups -OCH3 is 1. The standard InChI is InChI=1S/C18H25N5O5/c1-9-10(15(22(3)20-9)23-5-7-28-8-6-23)13-11-12(14(19-13)18(26)27-4)17(25)21(2)16(11)24/h11-14,19H,5-8H2,1-4H3/t11-,12+,13-,14-/m0/s1. The number of likely N-dealkylation sites (tertiary alicyclic amines) is 1. The van der Waals surface area contributed by atoms with E-state index in [0.717, 1.165) is 22.0 Å². The molecule has 0 spiro atoms. The van der Waals surface area contributed by atoms with Crippen LogP contribution in [0.15, 0.2) is 0 Å². The van der Waals surface area contributed by atoms with Crippen LogP contribution in [0.5, 0.6) is 0 Å². The maximum absolute atomic E-state index is 12.9. The van der Waals surface area contributed by atoms with E-state index < -0.39 is 29.9 Å². The van der Waals surface area contributed by atoms with E-state index in [1.165, 1.54) is 14.2 Å². The molecular formula is C18H25N5O5. The highest BCUT2D eigenvalue weighted by Crippen LogP contribution is 2.46. The maximum Gasteiger partial charge on any atom is 0.323 e. The van der Waals surface area contributed by atoms with Gasteiger partial charge >= 0.3 is 5.97 Å². The Morgan fingerprint density at radius 1 is 1.18 bits per heavy atom. The predicted octanol–water partition coefficient (Wildman–Crippen LogP) is -1.02. The fourth-order valence-electron chi connectivity index (χ4n) is 4.74. The molecule has 4 heterocycles. The van der Waals surface area contributed by atoms with Crippen LogP contribution in [0, 0.1) is 18.8 Å². The molecule has 152 valence electrons. The van der Waals surface area contributed by atoms with Crippen molar-refractivity contribution in [1.29, 1.82) is 0 Å². The number of hydrogen-bond acceptors (Lipinski definition) is 8. The summed E-state index contributed by atoms with van der Waals surface area (Å²) in [6, 6.07) is -1.36. The van der Waals surface area contributed by atoms with Crippen LogP contribution in [-0.2, 0) is 30.9 Å². The van der Waals surface area contributed by atoms with Crippen LogP contribution >= 0.6 is 0 Å². The van der Waals surface area contributed by atoms with Crippen molar-refractivity contribution < 1.29 is 23.9 Å². The fraction of sp³-hybridized carbons (Fsp3) is 0.667. The number of ether oxygens (including phenoxy) is 2. The highest BCUT2D eigenvalue weighted by Gasteiger charge is 2.61. The summed E-state index contributed by atoms with van der Waals surface area (Å²) >= 11 is 0. The van der Waals surface area contributed by atoms with Crippen molar-refractivity contribution in [2.45, 2.75) is 19.0 Å². The van der Waals surface area contributed by atoms with Crippen molar-refractivity contribution in [3.63, 3.8) is 0 Å². The van der Waals surface area contributed by atoms with Gasteiger partial charge in [-0.25, -0.2) is 0 Å². The largest absolute Gasteiger partial charge is 0.468 e. The molecule has 1 aromatic rings. The van der Waals surface area contributed by atoms with E-state index in [1.807, 2.05) is 14.0 Å². The molecule has 28 heavy (non-hydrogen) atoms. The number of morpholine rings is 1. The smallest absolute Gasteiger partial charge is 0.323 e. The number of hydrogen-bond donors (Lipinski definition) is 1. The number of fused-ring (bicyclic) bond motifs is 1. The number of anilines is 1. The normalized spacial score (nSPS) is 30.1. The third-order valence-electron chi connectivity index (χ3n) is 6.01. The molecule has 3 fully saturated rings. The second kappa shape index (κ2) is 6.85. The highest BCUT2D eigenvalue weighted by atomic mass is 16.5. The Bertz CT molecular complexity index is 831. The van der Waals surface area contributed by atoms with Crippen molar-refractivity contribution in [2.75, 3.05) is 45.4 Å². The van der Waals surface area contributed by atoms with Crippen LogP contribution in [-0.4, -0.2) is 79.0 Å². The molecule has 4 atom stereocenters. The molecule has 3 aliphatic heterocycles. The van der Waals surface area contributed by atoms with Crippen molar-refractivity contribution in [1.82, 2.24) is 20.0 Å². The molecule has 1 N–H and O–H groups in total. The minimum atomic E-state index is -0.862. The SMILES string of the molecule is COC(=O)[C@H]1N[C@@H](c2c(C)nn(C)c2N2CCOCC2)[C@H]2C(=O)N(C)C(=O)[C@H]21. The minimum absolute atomic E-state index is 0.282. The summed E-state index contributed by atoms with van der Waals surface area (Å²) in [6.45, 7) is 4.52. The molecule has 10 heteroatoms. The quantitative estimate of drug-likeness (QED) is 0.516. The van der Waals surface area contributed by atoms with Gasteiger partial charge in [0, 0.05) is 32.7 Å². The van der Waals surface area contributed by atoms with Crippen LogP contribution in [0.3, 0.4) is 0 Å². The Morgan fingerprint density at radius 3 is 2.46 bits per heavy atom. The summed E-state index contributed by atoms with van der Waals surface area (Å²) in [4.78, 5) is 41.2. The number of carbonyl (C=O) groups is 3. The van der Waals surface area contributed by atoms with Crippen molar-refractivity contribution in [3.05, 3.63) is 11.3 Å². The molecule has 0 aliphatic carbocycles. The molecule has 3 aliphatic rings. The van der Waals surface area contributed by atoms with Crippen molar-refractivity contribution in [3.8, 4) is 0 Å². The van der Waals surface area contributed by atoms with E-state index in [1.54, 1.807) is 4.68 Å². The molecule has 2 amide bonds. The number of imide groups is 1. The van der Waals surface area contributed by atoms with Crippen LogP contribution in [0.4, 0.5) is 5.82 Å². The number of esters is 1. The van der Waals surface area contributed by atoms with Gasteiger partial charge in [-0.15, -0.1) is 0 Å². The van der Waals surface area contributed by atoms with E-state index in [4.69, 9.17) is 9.47 Å². The Kier molecular flexibility index (Phi) is 4.62. The van der Waals surface area contributed by atoms with E-state index >= 15 is 0 Å².